The van der Waals surface area contributed by atoms with Crippen molar-refractivity contribution in [3.8, 4) is 11.1 Å². The van der Waals surface area contributed by atoms with E-state index < -0.39 is 0 Å². The molecule has 0 saturated carbocycles. The third kappa shape index (κ3) is 2.49. The van der Waals surface area contributed by atoms with E-state index in [2.05, 4.69) is 55.6 Å². The van der Waals surface area contributed by atoms with Gasteiger partial charge in [0.15, 0.2) is 0 Å². The fourth-order valence-corrected chi connectivity index (χ4v) is 2.00. The molecule has 0 aliphatic heterocycles. The second-order valence-electron chi connectivity index (χ2n) is 3.97. The van der Waals surface area contributed by atoms with E-state index in [1.807, 2.05) is 24.3 Å². The van der Waals surface area contributed by atoms with Crippen LogP contribution in [0.5, 0.6) is 0 Å². The Morgan fingerprint density at radius 3 is 2.17 bits per heavy atom. The lowest BCUT2D eigenvalue weighted by Crippen LogP contribution is -1.87. The Kier molecular flexibility index (Phi) is 3.93. The van der Waals surface area contributed by atoms with Crippen LogP contribution < -0.4 is 0 Å². The number of hydrogen-bond donors (Lipinski definition) is 0. The normalized spacial score (nSPS) is 11.0. The van der Waals surface area contributed by atoms with Gasteiger partial charge in [-0.2, -0.15) is 0 Å². The standard InChI is InChI=1S/C18H16/c1-3-10-15(4-2)17-13-8-9-14-18(17)16-11-6-5-7-12-16/h3-14H,1-2H2/b15-10+. The number of benzene rings is 2. The summed E-state index contributed by atoms with van der Waals surface area (Å²) in [5, 5.41) is 0. The Morgan fingerprint density at radius 2 is 1.50 bits per heavy atom. The van der Waals surface area contributed by atoms with Gasteiger partial charge in [-0.3, -0.25) is 0 Å². The Balaban J connectivity index is 2.60. The van der Waals surface area contributed by atoms with Gasteiger partial charge in [-0.15, -0.1) is 0 Å². The van der Waals surface area contributed by atoms with Crippen molar-refractivity contribution in [2.75, 3.05) is 0 Å². The van der Waals surface area contributed by atoms with Gasteiger partial charge in [0.25, 0.3) is 0 Å². The van der Waals surface area contributed by atoms with Crippen molar-refractivity contribution in [3.63, 3.8) is 0 Å². The predicted octanol–water partition coefficient (Wildman–Crippen LogP) is 5.11. The average molecular weight is 232 g/mol. The molecule has 0 bridgehead atoms. The fraction of sp³-hybridized carbons (Fsp3) is 0. The van der Waals surface area contributed by atoms with E-state index >= 15 is 0 Å². The van der Waals surface area contributed by atoms with Crippen LogP contribution in [0.25, 0.3) is 16.7 Å². The smallest absolute Gasteiger partial charge is 0.0105 e. The summed E-state index contributed by atoms with van der Waals surface area (Å²) in [6.45, 7) is 7.63. The molecule has 0 spiro atoms. The van der Waals surface area contributed by atoms with E-state index in [9.17, 15) is 0 Å². The monoisotopic (exact) mass is 232 g/mol. The number of hydrogen-bond acceptors (Lipinski definition) is 0. The summed E-state index contributed by atoms with van der Waals surface area (Å²) in [4.78, 5) is 0. The third-order valence-corrected chi connectivity index (χ3v) is 2.84. The summed E-state index contributed by atoms with van der Waals surface area (Å²) in [5.41, 5.74) is 4.69. The lowest BCUT2D eigenvalue weighted by atomic mass is 9.94. The minimum absolute atomic E-state index is 1.09. The largest absolute Gasteiger partial charge is 0.0990 e. The molecule has 0 nitrogen and oxygen atoms in total. The van der Waals surface area contributed by atoms with Gasteiger partial charge in [-0.05, 0) is 22.3 Å². The maximum absolute atomic E-state index is 3.87. The zero-order valence-corrected chi connectivity index (χ0v) is 10.3. The molecule has 18 heavy (non-hydrogen) atoms. The zero-order valence-electron chi connectivity index (χ0n) is 10.3. The predicted molar refractivity (Wildman–Crippen MR) is 80.2 cm³/mol. The molecule has 88 valence electrons. The SMILES string of the molecule is C=C/C=C(\C=C)c1ccccc1-c1ccccc1. The summed E-state index contributed by atoms with van der Waals surface area (Å²) >= 11 is 0. The Bertz CT molecular complexity index is 574. The van der Waals surface area contributed by atoms with Gasteiger partial charge in [0.1, 0.15) is 0 Å². The second-order valence-corrected chi connectivity index (χ2v) is 3.97. The van der Waals surface area contributed by atoms with E-state index in [1.165, 1.54) is 16.7 Å². The first kappa shape index (κ1) is 12.1. The van der Waals surface area contributed by atoms with Crippen LogP contribution in [-0.2, 0) is 0 Å². The van der Waals surface area contributed by atoms with E-state index in [4.69, 9.17) is 0 Å². The molecule has 2 aromatic carbocycles. The molecule has 0 N–H and O–H groups in total. The molecule has 0 amide bonds. The van der Waals surface area contributed by atoms with Crippen molar-refractivity contribution in [2.24, 2.45) is 0 Å². The first-order valence-corrected chi connectivity index (χ1v) is 5.97. The maximum Gasteiger partial charge on any atom is -0.0105 e. The molecule has 0 aliphatic rings. The summed E-state index contributed by atoms with van der Waals surface area (Å²) in [5.74, 6) is 0. The quantitative estimate of drug-likeness (QED) is 0.643. The van der Waals surface area contributed by atoms with Crippen LogP contribution >= 0.6 is 0 Å². The molecule has 0 heteroatoms. The lowest BCUT2D eigenvalue weighted by molar-refractivity contribution is 1.57. The summed E-state index contributed by atoms with van der Waals surface area (Å²) in [6.07, 6.45) is 5.64. The van der Waals surface area contributed by atoms with Crippen molar-refractivity contribution in [1.82, 2.24) is 0 Å². The highest BCUT2D eigenvalue weighted by Gasteiger charge is 2.05. The zero-order chi connectivity index (χ0) is 12.8. The average Bonchev–Trinajstić information content (AvgIpc) is 2.46. The van der Waals surface area contributed by atoms with Crippen molar-refractivity contribution in [2.45, 2.75) is 0 Å². The van der Waals surface area contributed by atoms with Gasteiger partial charge < -0.3 is 0 Å². The lowest BCUT2D eigenvalue weighted by Gasteiger charge is -2.10. The van der Waals surface area contributed by atoms with Crippen LogP contribution in [0.4, 0.5) is 0 Å². The summed E-state index contributed by atoms with van der Waals surface area (Å²) in [7, 11) is 0. The fourth-order valence-electron chi connectivity index (χ4n) is 2.00. The molecule has 0 atom stereocenters. The summed E-state index contributed by atoms with van der Waals surface area (Å²) < 4.78 is 0. The van der Waals surface area contributed by atoms with Gasteiger partial charge in [-0.25, -0.2) is 0 Å². The summed E-state index contributed by atoms with van der Waals surface area (Å²) in [6, 6.07) is 18.7. The molecule has 0 heterocycles. The van der Waals surface area contributed by atoms with Crippen LogP contribution in [0.3, 0.4) is 0 Å². The van der Waals surface area contributed by atoms with E-state index in [0.717, 1.165) is 5.57 Å². The Morgan fingerprint density at radius 1 is 0.833 bits per heavy atom. The van der Waals surface area contributed by atoms with Gasteiger partial charge in [0.2, 0.25) is 0 Å². The molecular formula is C18H16. The Hall–Kier alpha value is -2.34. The van der Waals surface area contributed by atoms with Crippen molar-refractivity contribution < 1.29 is 0 Å². The highest BCUT2D eigenvalue weighted by atomic mass is 14.1. The highest BCUT2D eigenvalue weighted by Crippen LogP contribution is 2.29. The topological polar surface area (TPSA) is 0 Å². The first-order chi connectivity index (χ1) is 8.86. The minimum atomic E-state index is 1.09. The second kappa shape index (κ2) is 5.83. The van der Waals surface area contributed by atoms with Crippen LogP contribution in [0.1, 0.15) is 5.56 Å². The van der Waals surface area contributed by atoms with Crippen LogP contribution in [0.2, 0.25) is 0 Å². The van der Waals surface area contributed by atoms with Gasteiger partial charge in [0, 0.05) is 0 Å². The maximum atomic E-state index is 3.87. The molecule has 0 aliphatic carbocycles. The molecule has 0 aromatic heterocycles. The van der Waals surface area contributed by atoms with E-state index in [1.54, 1.807) is 6.08 Å². The van der Waals surface area contributed by atoms with Crippen molar-refractivity contribution >= 4 is 5.57 Å². The highest BCUT2D eigenvalue weighted by molar-refractivity contribution is 5.85. The molecule has 0 unspecified atom stereocenters. The first-order valence-electron chi connectivity index (χ1n) is 5.97. The molecule has 2 rings (SSSR count). The molecule has 0 radical (unpaired) electrons. The molecule has 0 saturated heterocycles. The van der Waals surface area contributed by atoms with E-state index in [0.29, 0.717) is 0 Å². The molecule has 0 fully saturated rings. The molecule has 2 aromatic rings. The Labute approximate surface area is 109 Å². The number of allylic oxidation sites excluding steroid dienone is 4. The van der Waals surface area contributed by atoms with Gasteiger partial charge in [-0.1, -0.05) is 86.0 Å². The van der Waals surface area contributed by atoms with Crippen molar-refractivity contribution in [1.29, 1.82) is 0 Å². The molecular weight excluding hydrogens is 216 g/mol. The van der Waals surface area contributed by atoms with E-state index in [-0.39, 0.29) is 0 Å². The van der Waals surface area contributed by atoms with Crippen molar-refractivity contribution in [3.05, 3.63) is 91.5 Å². The van der Waals surface area contributed by atoms with Gasteiger partial charge >= 0.3 is 0 Å². The number of rotatable bonds is 4. The van der Waals surface area contributed by atoms with Gasteiger partial charge in [0.05, 0.1) is 0 Å². The minimum Gasteiger partial charge on any atom is -0.0990 e. The van der Waals surface area contributed by atoms with Crippen LogP contribution in [0.15, 0.2) is 86.0 Å². The van der Waals surface area contributed by atoms with Crippen LogP contribution in [0, 0.1) is 0 Å². The third-order valence-electron chi connectivity index (χ3n) is 2.84. The van der Waals surface area contributed by atoms with Crippen LogP contribution in [-0.4, -0.2) is 0 Å².